The molecule has 21 heavy (non-hydrogen) atoms. The van der Waals surface area contributed by atoms with Gasteiger partial charge in [0.05, 0.1) is 13.0 Å². The van der Waals surface area contributed by atoms with E-state index in [1.54, 1.807) is 0 Å². The van der Waals surface area contributed by atoms with Gasteiger partial charge in [0, 0.05) is 13.1 Å². The van der Waals surface area contributed by atoms with Crippen LogP contribution in [0.2, 0.25) is 0 Å². The summed E-state index contributed by atoms with van der Waals surface area (Å²) >= 11 is 0. The van der Waals surface area contributed by atoms with Crippen LogP contribution in [0.1, 0.15) is 26.2 Å². The molecule has 1 N–H and O–H groups in total. The molecule has 1 heterocycles. The number of carbonyl (C=O) groups excluding carboxylic acids is 1. The zero-order chi connectivity index (χ0) is 14.9. The minimum absolute atomic E-state index is 0.0829. The number of nitrogens with one attached hydrogen (secondary N) is 1. The maximum Gasteiger partial charge on any atom is 0.223 e. The zero-order valence-corrected chi connectivity index (χ0v) is 12.9. The molecular weight excluding hydrogens is 264 g/mol. The number of para-hydroxylation sites is 1. The van der Waals surface area contributed by atoms with E-state index in [4.69, 9.17) is 4.74 Å². The molecule has 0 aromatic heterocycles. The predicted octanol–water partition coefficient (Wildman–Crippen LogP) is 2.30. The Hall–Kier alpha value is -1.55. The highest BCUT2D eigenvalue weighted by Crippen LogP contribution is 2.15. The third kappa shape index (κ3) is 5.76. The normalized spacial score (nSPS) is 19.2. The monoisotopic (exact) mass is 290 g/mol. The van der Waals surface area contributed by atoms with E-state index >= 15 is 0 Å². The second-order valence-corrected chi connectivity index (χ2v) is 5.62. The van der Waals surface area contributed by atoms with E-state index < -0.39 is 0 Å². The van der Waals surface area contributed by atoms with Crippen LogP contribution in [0.5, 0.6) is 5.75 Å². The summed E-state index contributed by atoms with van der Waals surface area (Å²) in [7, 11) is 0. The molecule has 0 aliphatic carbocycles. The number of carbonyl (C=O) groups is 1. The Labute approximate surface area is 127 Å². The standard InChI is InChI=1S/C17H26N2O2/c1-2-19-11-6-7-15(14-19)13-18-17(20)10-12-21-16-8-4-3-5-9-16/h3-5,8-9,15H,2,6-7,10-14H2,1H3,(H,18,20)/t15-/m1/s1. The molecule has 4 nitrogen and oxygen atoms in total. The van der Waals surface area contributed by atoms with Gasteiger partial charge in [-0.05, 0) is 44.0 Å². The third-order valence-electron chi connectivity index (χ3n) is 3.98. The molecule has 1 saturated heterocycles. The van der Waals surface area contributed by atoms with Gasteiger partial charge in [-0.1, -0.05) is 25.1 Å². The first-order chi connectivity index (χ1) is 10.3. The van der Waals surface area contributed by atoms with Gasteiger partial charge in [0.1, 0.15) is 5.75 Å². The second-order valence-electron chi connectivity index (χ2n) is 5.62. The number of ether oxygens (including phenoxy) is 1. The average Bonchev–Trinajstić information content (AvgIpc) is 2.54. The minimum Gasteiger partial charge on any atom is -0.493 e. The first-order valence-electron chi connectivity index (χ1n) is 7.95. The highest BCUT2D eigenvalue weighted by atomic mass is 16.5. The van der Waals surface area contributed by atoms with Crippen molar-refractivity contribution >= 4 is 5.91 Å². The lowest BCUT2D eigenvalue weighted by molar-refractivity contribution is -0.121. The van der Waals surface area contributed by atoms with Gasteiger partial charge in [-0.15, -0.1) is 0 Å². The minimum atomic E-state index is 0.0829. The molecule has 1 aliphatic heterocycles. The summed E-state index contributed by atoms with van der Waals surface area (Å²) in [6.45, 7) is 6.84. The smallest absolute Gasteiger partial charge is 0.223 e. The van der Waals surface area contributed by atoms with Gasteiger partial charge in [-0.2, -0.15) is 0 Å². The number of rotatable bonds is 7. The third-order valence-corrected chi connectivity index (χ3v) is 3.98. The molecular formula is C17H26N2O2. The van der Waals surface area contributed by atoms with Gasteiger partial charge in [0.2, 0.25) is 5.91 Å². The Morgan fingerprint density at radius 1 is 1.38 bits per heavy atom. The van der Waals surface area contributed by atoms with E-state index in [0.29, 0.717) is 18.9 Å². The van der Waals surface area contributed by atoms with Gasteiger partial charge in [0.15, 0.2) is 0 Å². The molecule has 116 valence electrons. The van der Waals surface area contributed by atoms with E-state index in [9.17, 15) is 4.79 Å². The number of benzene rings is 1. The number of amides is 1. The Kier molecular flexibility index (Phi) is 6.54. The summed E-state index contributed by atoms with van der Waals surface area (Å²) in [5.74, 6) is 1.49. The van der Waals surface area contributed by atoms with Gasteiger partial charge in [-0.3, -0.25) is 4.79 Å². The quantitative estimate of drug-likeness (QED) is 0.838. The van der Waals surface area contributed by atoms with Gasteiger partial charge in [-0.25, -0.2) is 0 Å². The Morgan fingerprint density at radius 2 is 2.19 bits per heavy atom. The summed E-state index contributed by atoms with van der Waals surface area (Å²) < 4.78 is 5.53. The molecule has 4 heteroatoms. The molecule has 1 atom stereocenters. The van der Waals surface area contributed by atoms with Crippen LogP contribution in [-0.2, 0) is 4.79 Å². The Morgan fingerprint density at radius 3 is 2.95 bits per heavy atom. The number of hydrogen-bond acceptors (Lipinski definition) is 3. The molecule has 1 aromatic rings. The number of piperidine rings is 1. The van der Waals surface area contributed by atoms with Crippen LogP contribution >= 0.6 is 0 Å². The first kappa shape index (κ1) is 15.8. The molecule has 1 aliphatic rings. The lowest BCUT2D eigenvalue weighted by atomic mass is 9.98. The number of hydrogen-bond donors (Lipinski definition) is 1. The maximum atomic E-state index is 11.8. The zero-order valence-electron chi connectivity index (χ0n) is 12.9. The van der Waals surface area contributed by atoms with Gasteiger partial charge >= 0.3 is 0 Å². The second kappa shape index (κ2) is 8.67. The highest BCUT2D eigenvalue weighted by molar-refractivity contribution is 5.75. The molecule has 0 bridgehead atoms. The van der Waals surface area contributed by atoms with Crippen LogP contribution in [-0.4, -0.2) is 43.6 Å². The molecule has 2 rings (SSSR count). The van der Waals surface area contributed by atoms with Crippen LogP contribution in [0.25, 0.3) is 0 Å². The van der Waals surface area contributed by atoms with Crippen molar-refractivity contribution in [1.82, 2.24) is 10.2 Å². The van der Waals surface area contributed by atoms with E-state index in [1.807, 2.05) is 30.3 Å². The highest BCUT2D eigenvalue weighted by Gasteiger charge is 2.18. The van der Waals surface area contributed by atoms with Crippen molar-refractivity contribution in [2.75, 3.05) is 32.8 Å². The Balaban J connectivity index is 1.59. The van der Waals surface area contributed by atoms with Gasteiger partial charge < -0.3 is 15.0 Å². The van der Waals surface area contributed by atoms with Crippen molar-refractivity contribution in [2.45, 2.75) is 26.2 Å². The first-order valence-corrected chi connectivity index (χ1v) is 7.95. The van der Waals surface area contributed by atoms with Crippen LogP contribution in [0, 0.1) is 5.92 Å². The summed E-state index contributed by atoms with van der Waals surface area (Å²) in [5, 5.41) is 3.04. The molecule has 1 fully saturated rings. The van der Waals surface area contributed by atoms with Crippen molar-refractivity contribution in [3.63, 3.8) is 0 Å². The molecule has 0 spiro atoms. The maximum absolute atomic E-state index is 11.8. The molecule has 1 amide bonds. The molecule has 0 unspecified atom stereocenters. The lowest BCUT2D eigenvalue weighted by Gasteiger charge is -2.31. The van der Waals surface area contributed by atoms with E-state index in [0.717, 1.165) is 25.4 Å². The fourth-order valence-electron chi connectivity index (χ4n) is 2.73. The van der Waals surface area contributed by atoms with Crippen molar-refractivity contribution in [1.29, 1.82) is 0 Å². The lowest BCUT2D eigenvalue weighted by Crippen LogP contribution is -2.40. The topological polar surface area (TPSA) is 41.6 Å². The summed E-state index contributed by atoms with van der Waals surface area (Å²) in [5.41, 5.74) is 0. The van der Waals surface area contributed by atoms with E-state index in [-0.39, 0.29) is 5.91 Å². The molecule has 0 radical (unpaired) electrons. The largest absolute Gasteiger partial charge is 0.493 e. The van der Waals surface area contributed by atoms with Crippen LogP contribution in [0.15, 0.2) is 30.3 Å². The van der Waals surface area contributed by atoms with Crippen molar-refractivity contribution < 1.29 is 9.53 Å². The Bertz CT molecular complexity index is 422. The SMILES string of the molecule is CCN1CCC[C@H](CNC(=O)CCOc2ccccc2)C1. The van der Waals surface area contributed by atoms with E-state index in [1.165, 1.54) is 19.4 Å². The summed E-state index contributed by atoms with van der Waals surface area (Å²) in [4.78, 5) is 14.3. The van der Waals surface area contributed by atoms with Crippen LogP contribution < -0.4 is 10.1 Å². The molecule has 0 saturated carbocycles. The van der Waals surface area contributed by atoms with Crippen molar-refractivity contribution in [3.05, 3.63) is 30.3 Å². The van der Waals surface area contributed by atoms with Crippen LogP contribution in [0.3, 0.4) is 0 Å². The molecule has 1 aromatic carbocycles. The fourth-order valence-corrected chi connectivity index (χ4v) is 2.73. The van der Waals surface area contributed by atoms with Crippen molar-refractivity contribution in [2.24, 2.45) is 5.92 Å². The predicted molar refractivity (Wildman–Crippen MR) is 84.4 cm³/mol. The van der Waals surface area contributed by atoms with E-state index in [2.05, 4.69) is 17.1 Å². The number of nitrogens with zero attached hydrogens (tertiary/aromatic N) is 1. The van der Waals surface area contributed by atoms with Crippen LogP contribution in [0.4, 0.5) is 0 Å². The summed E-state index contributed by atoms with van der Waals surface area (Å²) in [6.07, 6.45) is 2.88. The summed E-state index contributed by atoms with van der Waals surface area (Å²) in [6, 6.07) is 9.61. The number of likely N-dealkylation sites (tertiary alicyclic amines) is 1. The van der Waals surface area contributed by atoms with Gasteiger partial charge in [0.25, 0.3) is 0 Å². The van der Waals surface area contributed by atoms with Crippen molar-refractivity contribution in [3.8, 4) is 5.75 Å². The fraction of sp³-hybridized carbons (Fsp3) is 0.588. The average molecular weight is 290 g/mol.